The van der Waals surface area contributed by atoms with Crippen molar-refractivity contribution in [2.24, 2.45) is 11.7 Å². The minimum atomic E-state index is 0.123. The Balaban J connectivity index is 2.02. The van der Waals surface area contributed by atoms with Crippen LogP contribution < -0.4 is 5.73 Å². The summed E-state index contributed by atoms with van der Waals surface area (Å²) in [4.78, 5) is 6.66. The van der Waals surface area contributed by atoms with Crippen LogP contribution in [-0.4, -0.2) is 29.5 Å². The van der Waals surface area contributed by atoms with Gasteiger partial charge in [0.1, 0.15) is 0 Å². The Bertz CT molecular complexity index is 358. The lowest BCUT2D eigenvalue weighted by molar-refractivity contribution is 0.166. The van der Waals surface area contributed by atoms with Gasteiger partial charge in [0.15, 0.2) is 0 Å². The molecule has 1 heterocycles. The molecule has 1 fully saturated rings. The van der Waals surface area contributed by atoms with Crippen LogP contribution in [0.1, 0.15) is 50.6 Å². The van der Waals surface area contributed by atoms with Crippen molar-refractivity contribution in [1.29, 1.82) is 0 Å². The molecule has 1 aromatic rings. The van der Waals surface area contributed by atoms with E-state index in [2.05, 4.69) is 29.9 Å². The van der Waals surface area contributed by atoms with E-state index in [9.17, 15) is 0 Å². The molecule has 106 valence electrons. The van der Waals surface area contributed by atoms with Gasteiger partial charge in [-0.2, -0.15) is 0 Å². The molecule has 0 spiro atoms. The van der Waals surface area contributed by atoms with Gasteiger partial charge in [-0.25, -0.2) is 0 Å². The normalized spacial score (nSPS) is 20.4. The summed E-state index contributed by atoms with van der Waals surface area (Å²) in [5, 5.41) is 0. The Kier molecular flexibility index (Phi) is 5.34. The van der Waals surface area contributed by atoms with E-state index < -0.39 is 0 Å². The molecule has 2 N–H and O–H groups in total. The van der Waals surface area contributed by atoms with Gasteiger partial charge in [0.05, 0.1) is 6.04 Å². The molecule has 3 nitrogen and oxygen atoms in total. The van der Waals surface area contributed by atoms with Gasteiger partial charge in [-0.3, -0.25) is 9.88 Å². The Morgan fingerprint density at radius 3 is 2.68 bits per heavy atom. The summed E-state index contributed by atoms with van der Waals surface area (Å²) in [5.74, 6) is 0.844. The number of nitrogens with two attached hydrogens (primary N) is 1. The molecule has 3 heteroatoms. The highest BCUT2D eigenvalue weighted by atomic mass is 15.1. The summed E-state index contributed by atoms with van der Waals surface area (Å²) >= 11 is 0. The number of hydrogen-bond acceptors (Lipinski definition) is 3. The van der Waals surface area contributed by atoms with Crippen molar-refractivity contribution in [2.45, 2.75) is 51.1 Å². The summed E-state index contributed by atoms with van der Waals surface area (Å²) in [6, 6.07) is 4.53. The molecular formula is C16H27N3. The van der Waals surface area contributed by atoms with Gasteiger partial charge in [-0.1, -0.05) is 25.3 Å². The van der Waals surface area contributed by atoms with Crippen LogP contribution in [0.4, 0.5) is 0 Å². The second-order valence-corrected chi connectivity index (χ2v) is 6.03. The fourth-order valence-corrected chi connectivity index (χ4v) is 3.40. The second-order valence-electron chi connectivity index (χ2n) is 6.03. The van der Waals surface area contributed by atoms with Crippen LogP contribution in [0, 0.1) is 5.92 Å². The summed E-state index contributed by atoms with van der Waals surface area (Å²) in [6.45, 7) is 3.25. The van der Waals surface area contributed by atoms with Crippen LogP contribution in [0.15, 0.2) is 24.5 Å². The largest absolute Gasteiger partial charge is 0.326 e. The average molecular weight is 261 g/mol. The number of aromatic nitrogens is 1. The van der Waals surface area contributed by atoms with Crippen molar-refractivity contribution in [3.63, 3.8) is 0 Å². The van der Waals surface area contributed by atoms with Crippen LogP contribution in [0.3, 0.4) is 0 Å². The van der Waals surface area contributed by atoms with E-state index in [-0.39, 0.29) is 12.1 Å². The van der Waals surface area contributed by atoms with Crippen LogP contribution in [0.2, 0.25) is 0 Å². The lowest BCUT2D eigenvalue weighted by Crippen LogP contribution is -2.40. The SMILES string of the molecule is CC(N)C(c1cccnc1)N(C)CC1CCCCC1. The topological polar surface area (TPSA) is 42.1 Å². The Morgan fingerprint density at radius 2 is 2.11 bits per heavy atom. The fourth-order valence-electron chi connectivity index (χ4n) is 3.40. The molecule has 0 aromatic carbocycles. The van der Waals surface area contributed by atoms with Crippen molar-refractivity contribution in [2.75, 3.05) is 13.6 Å². The van der Waals surface area contributed by atoms with Crippen LogP contribution in [0.25, 0.3) is 0 Å². The highest BCUT2D eigenvalue weighted by molar-refractivity contribution is 5.15. The number of pyridine rings is 1. The van der Waals surface area contributed by atoms with E-state index in [1.165, 1.54) is 37.7 Å². The number of rotatable bonds is 5. The maximum Gasteiger partial charge on any atom is 0.0509 e. The molecule has 0 amide bonds. The first-order valence-corrected chi connectivity index (χ1v) is 7.54. The summed E-state index contributed by atoms with van der Waals surface area (Å²) in [6.07, 6.45) is 10.7. The number of likely N-dealkylation sites (N-methyl/N-ethyl adjacent to an activating group) is 1. The minimum Gasteiger partial charge on any atom is -0.326 e. The van der Waals surface area contributed by atoms with Gasteiger partial charge in [0.2, 0.25) is 0 Å². The third-order valence-corrected chi connectivity index (χ3v) is 4.27. The van der Waals surface area contributed by atoms with E-state index in [0.29, 0.717) is 0 Å². The Hall–Kier alpha value is -0.930. The molecule has 0 saturated heterocycles. The zero-order chi connectivity index (χ0) is 13.7. The maximum absolute atomic E-state index is 6.21. The first kappa shape index (κ1) is 14.5. The van der Waals surface area contributed by atoms with Crippen molar-refractivity contribution in [3.05, 3.63) is 30.1 Å². The molecule has 1 saturated carbocycles. The molecule has 1 aliphatic carbocycles. The molecule has 0 radical (unpaired) electrons. The maximum atomic E-state index is 6.21. The second kappa shape index (κ2) is 7.01. The smallest absolute Gasteiger partial charge is 0.0509 e. The van der Waals surface area contributed by atoms with Crippen molar-refractivity contribution in [1.82, 2.24) is 9.88 Å². The zero-order valence-corrected chi connectivity index (χ0v) is 12.3. The third-order valence-electron chi connectivity index (χ3n) is 4.27. The predicted molar refractivity (Wildman–Crippen MR) is 79.8 cm³/mol. The monoisotopic (exact) mass is 261 g/mol. The van der Waals surface area contributed by atoms with E-state index in [4.69, 9.17) is 5.73 Å². The van der Waals surface area contributed by atoms with Crippen molar-refractivity contribution in [3.8, 4) is 0 Å². The first-order chi connectivity index (χ1) is 9.18. The van der Waals surface area contributed by atoms with E-state index in [0.717, 1.165) is 12.5 Å². The summed E-state index contributed by atoms with van der Waals surface area (Å²) in [7, 11) is 2.20. The summed E-state index contributed by atoms with van der Waals surface area (Å²) < 4.78 is 0. The first-order valence-electron chi connectivity index (χ1n) is 7.54. The highest BCUT2D eigenvalue weighted by Gasteiger charge is 2.24. The van der Waals surface area contributed by atoms with Crippen molar-refractivity contribution >= 4 is 0 Å². The quantitative estimate of drug-likeness (QED) is 0.886. The molecule has 2 atom stereocenters. The standard InChI is InChI=1S/C16H27N3/c1-13(17)16(15-9-6-10-18-11-15)19(2)12-14-7-4-3-5-8-14/h6,9-11,13-14,16H,3-5,7-8,12,17H2,1-2H3. The van der Waals surface area contributed by atoms with Crippen LogP contribution >= 0.6 is 0 Å². The predicted octanol–water partition coefficient (Wildman–Crippen LogP) is 2.98. The molecular weight excluding hydrogens is 234 g/mol. The molecule has 1 aliphatic rings. The minimum absolute atomic E-state index is 0.123. The Labute approximate surface area is 117 Å². The molecule has 19 heavy (non-hydrogen) atoms. The fraction of sp³-hybridized carbons (Fsp3) is 0.688. The van der Waals surface area contributed by atoms with E-state index >= 15 is 0 Å². The number of hydrogen-bond donors (Lipinski definition) is 1. The molecule has 0 aliphatic heterocycles. The van der Waals surface area contributed by atoms with E-state index in [1.54, 1.807) is 0 Å². The van der Waals surface area contributed by atoms with Gasteiger partial charge in [0.25, 0.3) is 0 Å². The molecule has 1 aromatic heterocycles. The highest BCUT2D eigenvalue weighted by Crippen LogP contribution is 2.28. The van der Waals surface area contributed by atoms with Gasteiger partial charge in [-0.05, 0) is 44.4 Å². The summed E-state index contributed by atoms with van der Waals surface area (Å²) in [5.41, 5.74) is 7.44. The molecule has 2 rings (SSSR count). The van der Waals surface area contributed by atoms with Gasteiger partial charge >= 0.3 is 0 Å². The zero-order valence-electron chi connectivity index (χ0n) is 12.3. The molecule has 0 bridgehead atoms. The van der Waals surface area contributed by atoms with Crippen LogP contribution in [0.5, 0.6) is 0 Å². The third kappa shape index (κ3) is 4.02. The number of nitrogens with zero attached hydrogens (tertiary/aromatic N) is 2. The van der Waals surface area contributed by atoms with Gasteiger partial charge in [-0.15, -0.1) is 0 Å². The lowest BCUT2D eigenvalue weighted by Gasteiger charge is -2.35. The van der Waals surface area contributed by atoms with Gasteiger partial charge < -0.3 is 5.73 Å². The molecule has 2 unspecified atom stereocenters. The Morgan fingerprint density at radius 1 is 1.37 bits per heavy atom. The van der Waals surface area contributed by atoms with Gasteiger partial charge in [0, 0.05) is 25.0 Å². The lowest BCUT2D eigenvalue weighted by atomic mass is 9.88. The van der Waals surface area contributed by atoms with Crippen LogP contribution in [-0.2, 0) is 0 Å². The average Bonchev–Trinajstić information content (AvgIpc) is 2.40. The van der Waals surface area contributed by atoms with Crippen molar-refractivity contribution < 1.29 is 0 Å². The van der Waals surface area contributed by atoms with E-state index in [1.807, 2.05) is 18.5 Å².